The first-order chi connectivity index (χ1) is 6.93. The topological polar surface area (TPSA) is 17.8 Å². The van der Waals surface area contributed by atoms with E-state index >= 15 is 0 Å². The molecule has 0 aromatic carbocycles. The Hall–Kier alpha value is -1.57. The summed E-state index contributed by atoms with van der Waals surface area (Å²) < 4.78 is 2.18. The van der Waals surface area contributed by atoms with Crippen LogP contribution in [-0.4, -0.2) is 9.55 Å². The van der Waals surface area contributed by atoms with Crippen molar-refractivity contribution in [1.82, 2.24) is 9.55 Å². The Balaban J connectivity index is 0.000000146. The molecular formula is C12H16N2. The maximum absolute atomic E-state index is 3.78. The van der Waals surface area contributed by atoms with Gasteiger partial charge in [-0.15, -0.1) is 0 Å². The predicted octanol–water partition coefficient (Wildman–Crippen LogP) is 2.98. The Kier molecular flexibility index (Phi) is 5.18. The smallest absolute Gasteiger partial charge is 0.0267 e. The van der Waals surface area contributed by atoms with E-state index in [2.05, 4.69) is 41.0 Å². The average molecular weight is 188 g/mol. The second-order valence-electron chi connectivity index (χ2n) is 2.95. The molecule has 14 heavy (non-hydrogen) atoms. The molecule has 74 valence electrons. The van der Waals surface area contributed by atoms with Crippen LogP contribution in [0.1, 0.15) is 13.3 Å². The van der Waals surface area contributed by atoms with Crippen LogP contribution in [-0.2, 0) is 6.54 Å². The number of pyridine rings is 1. The van der Waals surface area contributed by atoms with Gasteiger partial charge in [0.05, 0.1) is 0 Å². The van der Waals surface area contributed by atoms with Crippen molar-refractivity contribution in [2.24, 2.45) is 0 Å². The van der Waals surface area contributed by atoms with Gasteiger partial charge < -0.3 is 4.57 Å². The van der Waals surface area contributed by atoms with E-state index in [0.717, 1.165) is 6.54 Å². The number of hydrogen-bond acceptors (Lipinski definition) is 1. The Morgan fingerprint density at radius 2 is 1.57 bits per heavy atom. The number of aryl methyl sites for hydroxylation is 1. The Bertz CT molecular complexity index is 274. The Labute approximate surface area is 85.2 Å². The SMILES string of the molecule is CCCn1cccc1.c1ccncc1. The van der Waals surface area contributed by atoms with Crippen molar-refractivity contribution in [2.75, 3.05) is 0 Å². The second-order valence-corrected chi connectivity index (χ2v) is 2.95. The van der Waals surface area contributed by atoms with Crippen LogP contribution in [0.15, 0.2) is 55.1 Å². The summed E-state index contributed by atoms with van der Waals surface area (Å²) in [4.78, 5) is 3.78. The number of nitrogens with zero attached hydrogens (tertiary/aromatic N) is 2. The molecule has 2 heterocycles. The largest absolute Gasteiger partial charge is 0.354 e. The third-order valence-corrected chi connectivity index (χ3v) is 1.71. The monoisotopic (exact) mass is 188 g/mol. The van der Waals surface area contributed by atoms with E-state index in [0.29, 0.717) is 0 Å². The van der Waals surface area contributed by atoms with Crippen LogP contribution < -0.4 is 0 Å². The zero-order chi connectivity index (χ0) is 10.1. The summed E-state index contributed by atoms with van der Waals surface area (Å²) in [5.74, 6) is 0. The minimum atomic E-state index is 1.15. The van der Waals surface area contributed by atoms with Gasteiger partial charge in [0.15, 0.2) is 0 Å². The molecule has 2 rings (SSSR count). The molecule has 0 radical (unpaired) electrons. The van der Waals surface area contributed by atoms with Crippen molar-refractivity contribution in [2.45, 2.75) is 19.9 Å². The summed E-state index contributed by atoms with van der Waals surface area (Å²) in [5.41, 5.74) is 0. The van der Waals surface area contributed by atoms with E-state index in [4.69, 9.17) is 0 Å². The molecule has 0 aliphatic rings. The van der Waals surface area contributed by atoms with E-state index in [1.54, 1.807) is 12.4 Å². The van der Waals surface area contributed by atoms with E-state index < -0.39 is 0 Å². The van der Waals surface area contributed by atoms with Crippen LogP contribution in [0.3, 0.4) is 0 Å². The van der Waals surface area contributed by atoms with E-state index in [-0.39, 0.29) is 0 Å². The normalized spacial score (nSPS) is 8.93. The molecule has 0 amide bonds. The summed E-state index contributed by atoms with van der Waals surface area (Å²) in [6, 6.07) is 9.82. The molecule has 0 spiro atoms. The highest BCUT2D eigenvalue weighted by Gasteiger charge is 1.80. The van der Waals surface area contributed by atoms with Gasteiger partial charge in [-0.05, 0) is 30.7 Å². The van der Waals surface area contributed by atoms with Gasteiger partial charge in [0, 0.05) is 31.3 Å². The molecule has 0 aliphatic heterocycles. The summed E-state index contributed by atoms with van der Waals surface area (Å²) in [7, 11) is 0. The Morgan fingerprint density at radius 3 is 1.93 bits per heavy atom. The Morgan fingerprint density at radius 1 is 0.929 bits per heavy atom. The summed E-state index contributed by atoms with van der Waals surface area (Å²) in [6.45, 7) is 3.33. The van der Waals surface area contributed by atoms with Crippen LogP contribution in [0.25, 0.3) is 0 Å². The second kappa shape index (κ2) is 6.89. The summed E-state index contributed by atoms with van der Waals surface area (Å²) in [5, 5.41) is 0. The van der Waals surface area contributed by atoms with Gasteiger partial charge in [-0.1, -0.05) is 13.0 Å². The zero-order valence-electron chi connectivity index (χ0n) is 8.50. The standard InChI is InChI=1S/C7H11N.C5H5N/c1-2-5-8-6-3-4-7-8;1-2-4-6-5-3-1/h3-4,6-7H,2,5H2,1H3;1-5H. The molecule has 2 nitrogen and oxygen atoms in total. The first kappa shape index (κ1) is 10.5. The summed E-state index contributed by atoms with van der Waals surface area (Å²) >= 11 is 0. The fourth-order valence-corrected chi connectivity index (χ4v) is 1.09. The van der Waals surface area contributed by atoms with Gasteiger partial charge >= 0.3 is 0 Å². The maximum atomic E-state index is 3.78. The third-order valence-electron chi connectivity index (χ3n) is 1.71. The lowest BCUT2D eigenvalue weighted by Crippen LogP contribution is -1.89. The van der Waals surface area contributed by atoms with Gasteiger partial charge in [0.25, 0.3) is 0 Å². The van der Waals surface area contributed by atoms with Gasteiger partial charge in [-0.25, -0.2) is 0 Å². The van der Waals surface area contributed by atoms with E-state index in [1.165, 1.54) is 6.42 Å². The minimum absolute atomic E-state index is 1.15. The van der Waals surface area contributed by atoms with Crippen LogP contribution >= 0.6 is 0 Å². The van der Waals surface area contributed by atoms with Gasteiger partial charge in [-0.2, -0.15) is 0 Å². The molecule has 0 N–H and O–H groups in total. The number of hydrogen-bond donors (Lipinski definition) is 0. The highest BCUT2D eigenvalue weighted by Crippen LogP contribution is 1.90. The molecule has 0 saturated carbocycles. The van der Waals surface area contributed by atoms with Gasteiger partial charge in [0.1, 0.15) is 0 Å². The number of aromatic nitrogens is 2. The number of rotatable bonds is 2. The molecule has 2 heteroatoms. The predicted molar refractivity (Wildman–Crippen MR) is 59.0 cm³/mol. The summed E-state index contributed by atoms with van der Waals surface area (Å²) in [6.07, 6.45) is 8.89. The molecule has 2 aromatic rings. The molecular weight excluding hydrogens is 172 g/mol. The van der Waals surface area contributed by atoms with Crippen LogP contribution in [0.4, 0.5) is 0 Å². The average Bonchev–Trinajstić information content (AvgIpc) is 2.75. The molecule has 0 atom stereocenters. The highest BCUT2D eigenvalue weighted by molar-refractivity contribution is 4.89. The molecule has 2 aromatic heterocycles. The quantitative estimate of drug-likeness (QED) is 0.708. The molecule has 0 fully saturated rings. The van der Waals surface area contributed by atoms with E-state index in [9.17, 15) is 0 Å². The lowest BCUT2D eigenvalue weighted by Gasteiger charge is -1.94. The van der Waals surface area contributed by atoms with Gasteiger partial charge in [-0.3, -0.25) is 4.98 Å². The van der Waals surface area contributed by atoms with Crippen molar-refractivity contribution in [1.29, 1.82) is 0 Å². The van der Waals surface area contributed by atoms with Crippen molar-refractivity contribution in [3.63, 3.8) is 0 Å². The van der Waals surface area contributed by atoms with Crippen LogP contribution in [0, 0.1) is 0 Å². The highest BCUT2D eigenvalue weighted by atomic mass is 14.9. The lowest BCUT2D eigenvalue weighted by atomic mass is 10.5. The molecule has 0 bridgehead atoms. The molecule has 0 saturated heterocycles. The minimum Gasteiger partial charge on any atom is -0.354 e. The zero-order valence-corrected chi connectivity index (χ0v) is 8.50. The van der Waals surface area contributed by atoms with Crippen molar-refractivity contribution < 1.29 is 0 Å². The van der Waals surface area contributed by atoms with Crippen LogP contribution in [0.2, 0.25) is 0 Å². The van der Waals surface area contributed by atoms with Crippen molar-refractivity contribution in [3.8, 4) is 0 Å². The fourth-order valence-electron chi connectivity index (χ4n) is 1.09. The first-order valence-electron chi connectivity index (χ1n) is 4.89. The first-order valence-corrected chi connectivity index (χ1v) is 4.89. The van der Waals surface area contributed by atoms with Crippen LogP contribution in [0.5, 0.6) is 0 Å². The molecule has 0 aliphatic carbocycles. The third kappa shape index (κ3) is 4.45. The molecule has 0 unspecified atom stereocenters. The fraction of sp³-hybridized carbons (Fsp3) is 0.250. The van der Waals surface area contributed by atoms with Crippen molar-refractivity contribution in [3.05, 3.63) is 55.1 Å². The maximum Gasteiger partial charge on any atom is 0.0267 e. The van der Waals surface area contributed by atoms with Crippen molar-refractivity contribution >= 4 is 0 Å². The van der Waals surface area contributed by atoms with Gasteiger partial charge in [0.2, 0.25) is 0 Å². The van der Waals surface area contributed by atoms with E-state index in [1.807, 2.05) is 18.2 Å². The lowest BCUT2D eigenvalue weighted by molar-refractivity contribution is 0.683.